The number of carbonyl (C=O) groups is 2. The van der Waals surface area contributed by atoms with Crippen LogP contribution in [0, 0.1) is 11.8 Å². The van der Waals surface area contributed by atoms with Crippen LogP contribution in [0.2, 0.25) is 0 Å². The molecule has 0 aliphatic carbocycles. The summed E-state index contributed by atoms with van der Waals surface area (Å²) >= 11 is 0. The molecule has 1 fully saturated rings. The van der Waals surface area contributed by atoms with Gasteiger partial charge in [0.1, 0.15) is 0 Å². The van der Waals surface area contributed by atoms with Gasteiger partial charge in [-0.05, 0) is 37.8 Å². The third kappa shape index (κ3) is 4.79. The Labute approximate surface area is 138 Å². The van der Waals surface area contributed by atoms with Crippen molar-refractivity contribution in [2.45, 2.75) is 32.7 Å². The number of nitrogens with two attached hydrogens (primary N) is 1. The van der Waals surface area contributed by atoms with Crippen LogP contribution in [0.1, 0.15) is 37.0 Å². The van der Waals surface area contributed by atoms with Crippen molar-refractivity contribution in [3.63, 3.8) is 0 Å². The molecule has 5 nitrogen and oxygen atoms in total. The maximum Gasteiger partial charge on any atom is 0.251 e. The molecule has 0 radical (unpaired) electrons. The first-order valence-electron chi connectivity index (χ1n) is 8.36. The van der Waals surface area contributed by atoms with Crippen molar-refractivity contribution in [3.05, 3.63) is 35.9 Å². The Bertz CT molecular complexity index is 530. The van der Waals surface area contributed by atoms with Crippen molar-refractivity contribution in [3.8, 4) is 0 Å². The molecule has 3 unspecified atom stereocenters. The molecule has 0 aromatic heterocycles. The number of amides is 2. The first kappa shape index (κ1) is 17.5. The van der Waals surface area contributed by atoms with Gasteiger partial charge in [0, 0.05) is 31.2 Å². The van der Waals surface area contributed by atoms with E-state index in [1.54, 1.807) is 12.1 Å². The minimum absolute atomic E-state index is 0.0574. The second-order valence-corrected chi connectivity index (χ2v) is 6.52. The van der Waals surface area contributed by atoms with Crippen LogP contribution in [-0.4, -0.2) is 42.4 Å². The average molecular weight is 317 g/mol. The van der Waals surface area contributed by atoms with Crippen LogP contribution in [0.4, 0.5) is 0 Å². The van der Waals surface area contributed by atoms with E-state index in [9.17, 15) is 9.59 Å². The zero-order valence-corrected chi connectivity index (χ0v) is 14.0. The number of nitrogens with one attached hydrogen (secondary N) is 1. The van der Waals surface area contributed by atoms with Crippen molar-refractivity contribution in [1.29, 1.82) is 0 Å². The van der Waals surface area contributed by atoms with Gasteiger partial charge in [-0.15, -0.1) is 0 Å². The number of likely N-dealkylation sites (tertiary alicyclic amines) is 1. The quantitative estimate of drug-likeness (QED) is 0.867. The van der Waals surface area contributed by atoms with Crippen LogP contribution >= 0.6 is 0 Å². The van der Waals surface area contributed by atoms with Crippen LogP contribution in [-0.2, 0) is 4.79 Å². The maximum atomic E-state index is 12.4. The van der Waals surface area contributed by atoms with Crippen LogP contribution < -0.4 is 11.1 Å². The molecule has 0 saturated carbocycles. The van der Waals surface area contributed by atoms with Crippen molar-refractivity contribution in [2.24, 2.45) is 17.6 Å². The van der Waals surface area contributed by atoms with Crippen molar-refractivity contribution in [2.75, 3.05) is 19.6 Å². The highest BCUT2D eigenvalue weighted by Gasteiger charge is 2.28. The second kappa shape index (κ2) is 8.11. The van der Waals surface area contributed by atoms with E-state index >= 15 is 0 Å². The van der Waals surface area contributed by atoms with E-state index in [-0.39, 0.29) is 23.8 Å². The summed E-state index contributed by atoms with van der Waals surface area (Å²) in [6, 6.07) is 9.06. The predicted molar refractivity (Wildman–Crippen MR) is 90.9 cm³/mol. The lowest BCUT2D eigenvalue weighted by Crippen LogP contribution is -2.48. The Morgan fingerprint density at radius 3 is 2.65 bits per heavy atom. The summed E-state index contributed by atoms with van der Waals surface area (Å²) < 4.78 is 0. The van der Waals surface area contributed by atoms with Gasteiger partial charge in [-0.1, -0.05) is 25.1 Å². The number of piperidine rings is 1. The molecule has 2 amide bonds. The van der Waals surface area contributed by atoms with E-state index in [4.69, 9.17) is 5.73 Å². The summed E-state index contributed by atoms with van der Waals surface area (Å²) in [4.78, 5) is 26.4. The molecule has 23 heavy (non-hydrogen) atoms. The van der Waals surface area contributed by atoms with E-state index in [0.29, 0.717) is 24.6 Å². The summed E-state index contributed by atoms with van der Waals surface area (Å²) in [6.07, 6.45) is 2.01. The number of benzene rings is 1. The fourth-order valence-electron chi connectivity index (χ4n) is 2.87. The minimum Gasteiger partial charge on any atom is -0.352 e. The number of hydrogen-bond acceptors (Lipinski definition) is 3. The Kier molecular flexibility index (Phi) is 6.16. The van der Waals surface area contributed by atoms with E-state index in [0.717, 1.165) is 19.4 Å². The molecule has 1 heterocycles. The van der Waals surface area contributed by atoms with Gasteiger partial charge in [-0.25, -0.2) is 0 Å². The summed E-state index contributed by atoms with van der Waals surface area (Å²) in [5.74, 6) is 0.213. The molecule has 3 N–H and O–H groups in total. The highest BCUT2D eigenvalue weighted by Crippen LogP contribution is 2.18. The summed E-state index contributed by atoms with van der Waals surface area (Å²) in [5.41, 5.74) is 6.50. The monoisotopic (exact) mass is 317 g/mol. The van der Waals surface area contributed by atoms with Crippen molar-refractivity contribution in [1.82, 2.24) is 10.2 Å². The van der Waals surface area contributed by atoms with Gasteiger partial charge in [0.2, 0.25) is 5.91 Å². The average Bonchev–Trinajstić information content (AvgIpc) is 2.59. The van der Waals surface area contributed by atoms with Crippen LogP contribution in [0.25, 0.3) is 0 Å². The number of nitrogens with zero attached hydrogens (tertiary/aromatic N) is 1. The van der Waals surface area contributed by atoms with Gasteiger partial charge in [0.25, 0.3) is 5.91 Å². The zero-order valence-electron chi connectivity index (χ0n) is 14.0. The lowest BCUT2D eigenvalue weighted by molar-refractivity contribution is -0.137. The van der Waals surface area contributed by atoms with Gasteiger partial charge in [-0.2, -0.15) is 0 Å². The fraction of sp³-hybridized carbons (Fsp3) is 0.556. The van der Waals surface area contributed by atoms with Crippen LogP contribution in [0.5, 0.6) is 0 Å². The maximum absolute atomic E-state index is 12.4. The molecular weight excluding hydrogens is 290 g/mol. The summed E-state index contributed by atoms with van der Waals surface area (Å²) in [5, 5.41) is 2.98. The molecule has 0 spiro atoms. The molecule has 3 atom stereocenters. The smallest absolute Gasteiger partial charge is 0.251 e. The topological polar surface area (TPSA) is 75.4 Å². The molecule has 2 rings (SSSR count). The second-order valence-electron chi connectivity index (χ2n) is 6.52. The van der Waals surface area contributed by atoms with Gasteiger partial charge in [-0.3, -0.25) is 9.59 Å². The Morgan fingerprint density at radius 1 is 1.30 bits per heavy atom. The first-order chi connectivity index (χ1) is 11.0. The number of carbonyl (C=O) groups excluding carboxylic acids is 2. The molecule has 1 aromatic rings. The van der Waals surface area contributed by atoms with Gasteiger partial charge >= 0.3 is 0 Å². The lowest BCUT2D eigenvalue weighted by atomic mass is 9.95. The summed E-state index contributed by atoms with van der Waals surface area (Å²) in [6.45, 7) is 5.84. The van der Waals surface area contributed by atoms with E-state index in [2.05, 4.69) is 5.32 Å². The normalized spacial score (nSPS) is 20.7. The van der Waals surface area contributed by atoms with Crippen molar-refractivity contribution >= 4 is 11.8 Å². The van der Waals surface area contributed by atoms with Gasteiger partial charge in [0.05, 0.1) is 5.92 Å². The molecule has 126 valence electrons. The van der Waals surface area contributed by atoms with Crippen LogP contribution in [0.3, 0.4) is 0 Å². The van der Waals surface area contributed by atoms with Gasteiger partial charge < -0.3 is 16.0 Å². The lowest BCUT2D eigenvalue weighted by Gasteiger charge is -2.35. The molecule has 5 heteroatoms. The molecule has 1 aliphatic heterocycles. The minimum atomic E-state index is -0.160. The molecule has 1 saturated heterocycles. The van der Waals surface area contributed by atoms with Crippen molar-refractivity contribution < 1.29 is 9.59 Å². The Balaban J connectivity index is 1.84. The number of hydrogen-bond donors (Lipinski definition) is 2. The fourth-order valence-corrected chi connectivity index (χ4v) is 2.87. The molecular formula is C18H27N3O2. The summed E-state index contributed by atoms with van der Waals surface area (Å²) in [7, 11) is 0. The van der Waals surface area contributed by atoms with E-state index < -0.39 is 0 Å². The van der Waals surface area contributed by atoms with E-state index in [1.807, 2.05) is 36.9 Å². The zero-order chi connectivity index (χ0) is 16.8. The SMILES string of the molecule is CC(N)C(C)C(=O)N1CCCC(CNC(=O)c2ccccc2)C1. The Morgan fingerprint density at radius 2 is 2.00 bits per heavy atom. The van der Waals surface area contributed by atoms with Gasteiger partial charge in [0.15, 0.2) is 0 Å². The third-order valence-electron chi connectivity index (χ3n) is 4.60. The molecule has 1 aliphatic rings. The highest BCUT2D eigenvalue weighted by atomic mass is 16.2. The highest BCUT2D eigenvalue weighted by molar-refractivity contribution is 5.94. The molecule has 0 bridgehead atoms. The third-order valence-corrected chi connectivity index (χ3v) is 4.60. The molecule has 1 aromatic carbocycles. The number of rotatable bonds is 5. The standard InChI is InChI=1S/C18H27N3O2/c1-13(14(2)19)18(23)21-10-6-7-15(12-21)11-20-17(22)16-8-4-3-5-9-16/h3-5,8-9,13-15H,6-7,10-12,19H2,1-2H3,(H,20,22). The largest absolute Gasteiger partial charge is 0.352 e. The van der Waals surface area contributed by atoms with Crippen LogP contribution in [0.15, 0.2) is 30.3 Å². The van der Waals surface area contributed by atoms with E-state index in [1.165, 1.54) is 0 Å². The Hall–Kier alpha value is -1.88. The predicted octanol–water partition coefficient (Wildman–Crippen LogP) is 1.64. The first-order valence-corrected chi connectivity index (χ1v) is 8.36.